The van der Waals surface area contributed by atoms with Crippen LogP contribution in [0, 0.1) is 23.0 Å². The number of hydrogen-bond donors (Lipinski definition) is 0. The smallest absolute Gasteiger partial charge is 0.278 e. The number of methoxy groups -OCH3 is 1. The first kappa shape index (κ1) is 25.1. The molecule has 10 heteroatoms. The molecule has 0 N–H and O–H groups in total. The van der Waals surface area contributed by atoms with E-state index < -0.39 is 17.2 Å². The summed E-state index contributed by atoms with van der Waals surface area (Å²) >= 11 is 0. The number of hydrogen-bond acceptors (Lipinski definition) is 6. The molecule has 2 aromatic heterocycles. The van der Waals surface area contributed by atoms with Crippen molar-refractivity contribution in [3.05, 3.63) is 87.5 Å². The molecule has 38 heavy (non-hydrogen) atoms. The summed E-state index contributed by atoms with van der Waals surface area (Å²) in [4.78, 5) is 33.2. The van der Waals surface area contributed by atoms with Crippen LogP contribution in [-0.4, -0.2) is 40.1 Å². The molecule has 0 atom stereocenters. The molecule has 194 valence electrons. The third kappa shape index (κ3) is 4.63. The SMILES string of the molecule is COc1cccc(C(=O)Cn2cnc3c(C#N)c(N4CCCCC4)n(Cc4ccc(F)c(F)c4)c3c2=O)c1. The highest BCUT2D eigenvalue weighted by atomic mass is 19.2. The number of aromatic nitrogens is 3. The Balaban J connectivity index is 1.65. The molecule has 8 nitrogen and oxygen atoms in total. The molecule has 0 amide bonds. The van der Waals surface area contributed by atoms with Gasteiger partial charge in [0.05, 0.1) is 20.0 Å². The molecule has 5 rings (SSSR count). The van der Waals surface area contributed by atoms with Gasteiger partial charge >= 0.3 is 0 Å². The van der Waals surface area contributed by atoms with Gasteiger partial charge in [-0.2, -0.15) is 5.26 Å². The van der Waals surface area contributed by atoms with Crippen molar-refractivity contribution in [2.24, 2.45) is 0 Å². The minimum absolute atomic E-state index is 0.0198. The summed E-state index contributed by atoms with van der Waals surface area (Å²) < 4.78 is 35.7. The predicted molar refractivity (Wildman–Crippen MR) is 138 cm³/mol. The molecule has 2 aromatic carbocycles. The Morgan fingerprint density at radius 1 is 1.11 bits per heavy atom. The maximum atomic E-state index is 14.1. The first-order valence-electron chi connectivity index (χ1n) is 12.3. The van der Waals surface area contributed by atoms with Gasteiger partial charge in [0.25, 0.3) is 5.56 Å². The van der Waals surface area contributed by atoms with Gasteiger partial charge in [-0.1, -0.05) is 18.2 Å². The van der Waals surface area contributed by atoms with Gasteiger partial charge in [-0.05, 0) is 49.1 Å². The van der Waals surface area contributed by atoms with Crippen molar-refractivity contribution in [3.8, 4) is 11.8 Å². The number of carbonyl (C=O) groups is 1. The zero-order chi connectivity index (χ0) is 26.8. The van der Waals surface area contributed by atoms with E-state index in [-0.39, 0.29) is 35.5 Å². The molecule has 1 fully saturated rings. The lowest BCUT2D eigenvalue weighted by Crippen LogP contribution is -2.32. The molecule has 0 aliphatic carbocycles. The summed E-state index contributed by atoms with van der Waals surface area (Å²) in [7, 11) is 1.50. The van der Waals surface area contributed by atoms with E-state index in [1.54, 1.807) is 28.8 Å². The molecule has 1 aliphatic rings. The van der Waals surface area contributed by atoms with E-state index in [4.69, 9.17) is 4.74 Å². The molecule has 3 heterocycles. The van der Waals surface area contributed by atoms with Gasteiger partial charge < -0.3 is 14.2 Å². The van der Waals surface area contributed by atoms with Crippen LogP contribution in [0.3, 0.4) is 0 Å². The number of fused-ring (bicyclic) bond motifs is 1. The van der Waals surface area contributed by atoms with Crippen LogP contribution in [0.5, 0.6) is 5.75 Å². The number of nitrogens with zero attached hydrogens (tertiary/aromatic N) is 5. The average Bonchev–Trinajstić information content (AvgIpc) is 3.26. The zero-order valence-corrected chi connectivity index (χ0v) is 20.8. The van der Waals surface area contributed by atoms with E-state index >= 15 is 0 Å². The van der Waals surface area contributed by atoms with Crippen LogP contribution in [0.1, 0.15) is 40.7 Å². The molecule has 0 saturated carbocycles. The summed E-state index contributed by atoms with van der Waals surface area (Å²) in [5.41, 5.74) is 0.881. The fraction of sp³-hybridized carbons (Fsp3) is 0.286. The lowest BCUT2D eigenvalue weighted by molar-refractivity contribution is 0.0970. The third-order valence-corrected chi connectivity index (χ3v) is 6.80. The van der Waals surface area contributed by atoms with Crippen molar-refractivity contribution in [1.82, 2.24) is 14.1 Å². The van der Waals surface area contributed by atoms with E-state index in [0.29, 0.717) is 35.8 Å². The summed E-state index contributed by atoms with van der Waals surface area (Å²) in [5, 5.41) is 10.1. The van der Waals surface area contributed by atoms with Crippen molar-refractivity contribution >= 4 is 22.6 Å². The Morgan fingerprint density at radius 2 is 1.89 bits per heavy atom. The highest BCUT2D eigenvalue weighted by molar-refractivity contribution is 5.96. The number of ketones is 1. The number of carbonyl (C=O) groups excluding carboxylic acids is 1. The monoisotopic (exact) mass is 517 g/mol. The van der Waals surface area contributed by atoms with E-state index in [9.17, 15) is 23.6 Å². The lowest BCUT2D eigenvalue weighted by atomic mass is 10.1. The van der Waals surface area contributed by atoms with Crippen molar-refractivity contribution in [1.29, 1.82) is 5.26 Å². The van der Waals surface area contributed by atoms with E-state index in [0.717, 1.165) is 31.4 Å². The second kappa shape index (κ2) is 10.5. The summed E-state index contributed by atoms with van der Waals surface area (Å²) in [6.45, 7) is 1.12. The van der Waals surface area contributed by atoms with Gasteiger partial charge in [0.15, 0.2) is 17.4 Å². The molecular weight excluding hydrogens is 492 g/mol. The van der Waals surface area contributed by atoms with Crippen molar-refractivity contribution in [3.63, 3.8) is 0 Å². The largest absolute Gasteiger partial charge is 0.497 e. The first-order chi connectivity index (χ1) is 18.4. The molecule has 1 aliphatic heterocycles. The standard InChI is InChI=1S/C28H25F2N5O3/c1-38-20-7-5-6-19(13-20)24(36)16-34-17-32-25-21(14-31)27(33-10-3-2-4-11-33)35(26(25)28(34)37)15-18-8-9-22(29)23(30)12-18/h5-9,12-13,17H,2-4,10-11,15-16H2,1H3. The van der Waals surface area contributed by atoms with Crippen LogP contribution in [0.4, 0.5) is 14.6 Å². The Kier molecular flexibility index (Phi) is 6.92. The fourth-order valence-electron chi connectivity index (χ4n) is 4.92. The second-order valence-corrected chi connectivity index (χ2v) is 9.22. The topological polar surface area (TPSA) is 93.1 Å². The number of nitriles is 1. The van der Waals surface area contributed by atoms with Gasteiger partial charge in [-0.25, -0.2) is 13.8 Å². The number of anilines is 1. The van der Waals surface area contributed by atoms with Gasteiger partial charge in [-0.15, -0.1) is 0 Å². The molecule has 0 radical (unpaired) electrons. The summed E-state index contributed by atoms with van der Waals surface area (Å²) in [6.07, 6.45) is 4.17. The molecule has 4 aromatic rings. The van der Waals surface area contributed by atoms with Crippen LogP contribution in [-0.2, 0) is 13.1 Å². The van der Waals surface area contributed by atoms with Crippen LogP contribution < -0.4 is 15.2 Å². The first-order valence-corrected chi connectivity index (χ1v) is 12.3. The maximum Gasteiger partial charge on any atom is 0.278 e. The van der Waals surface area contributed by atoms with E-state index in [2.05, 4.69) is 11.1 Å². The van der Waals surface area contributed by atoms with Crippen LogP contribution in [0.25, 0.3) is 11.0 Å². The predicted octanol–water partition coefficient (Wildman–Crippen LogP) is 4.28. The van der Waals surface area contributed by atoms with Crippen LogP contribution in [0.15, 0.2) is 53.6 Å². The maximum absolute atomic E-state index is 14.1. The van der Waals surface area contributed by atoms with E-state index in [1.807, 2.05) is 4.90 Å². The minimum Gasteiger partial charge on any atom is -0.497 e. The normalized spacial score (nSPS) is 13.5. The van der Waals surface area contributed by atoms with Gasteiger partial charge in [0.1, 0.15) is 34.2 Å². The number of halogens is 2. The third-order valence-electron chi connectivity index (χ3n) is 6.80. The molecular formula is C28H25F2N5O3. The molecule has 0 unspecified atom stereocenters. The Labute approximate surface area is 217 Å². The van der Waals surface area contributed by atoms with Gasteiger partial charge in [0.2, 0.25) is 0 Å². The zero-order valence-electron chi connectivity index (χ0n) is 20.8. The van der Waals surface area contributed by atoms with E-state index in [1.165, 1.54) is 24.1 Å². The van der Waals surface area contributed by atoms with Crippen molar-refractivity contribution in [2.75, 3.05) is 25.1 Å². The van der Waals surface area contributed by atoms with Gasteiger partial charge in [-0.3, -0.25) is 14.2 Å². The van der Waals surface area contributed by atoms with Gasteiger partial charge in [0, 0.05) is 25.2 Å². The number of Topliss-reactive ketones (excluding diaryl/α,β-unsaturated/α-hetero) is 1. The Morgan fingerprint density at radius 3 is 2.61 bits per heavy atom. The highest BCUT2D eigenvalue weighted by Crippen LogP contribution is 2.32. The molecule has 0 bridgehead atoms. The molecule has 0 spiro atoms. The lowest BCUT2D eigenvalue weighted by Gasteiger charge is -2.30. The fourth-order valence-corrected chi connectivity index (χ4v) is 4.92. The van der Waals surface area contributed by atoms with Crippen LogP contribution in [0.2, 0.25) is 0 Å². The number of ether oxygens (including phenoxy) is 1. The van der Waals surface area contributed by atoms with Crippen LogP contribution >= 0.6 is 0 Å². The Hall–Kier alpha value is -4.52. The second-order valence-electron chi connectivity index (χ2n) is 9.22. The number of piperidine rings is 1. The number of benzene rings is 2. The van der Waals surface area contributed by atoms with Crippen molar-refractivity contribution < 1.29 is 18.3 Å². The summed E-state index contributed by atoms with van der Waals surface area (Å²) in [6, 6.07) is 12.4. The summed E-state index contributed by atoms with van der Waals surface area (Å²) in [5.74, 6) is -1.25. The average molecular weight is 518 g/mol. The number of rotatable bonds is 7. The van der Waals surface area contributed by atoms with Crippen molar-refractivity contribution in [2.45, 2.75) is 32.4 Å². The molecule has 1 saturated heterocycles. The Bertz CT molecular complexity index is 1630. The highest BCUT2D eigenvalue weighted by Gasteiger charge is 2.27. The quantitative estimate of drug-likeness (QED) is 0.340. The minimum atomic E-state index is -1.00.